The van der Waals surface area contributed by atoms with E-state index >= 15 is 0 Å². The highest BCUT2D eigenvalue weighted by molar-refractivity contribution is 7.89. The summed E-state index contributed by atoms with van der Waals surface area (Å²) in [6, 6.07) is 7.08. The SMILES string of the molecule is CNS(=O)(=O)c1ccc(CN2CCN(c3nc(C)cnc3C)CC2)cc1. The zero-order valence-electron chi connectivity index (χ0n) is 15.4. The van der Waals surface area contributed by atoms with Crippen LogP contribution in [0.3, 0.4) is 0 Å². The standard InChI is InChI=1S/C18H25N5O2S/c1-14-12-20-15(2)18(21-14)23-10-8-22(9-11-23)13-16-4-6-17(7-5-16)26(24,25)19-3/h4-7,12,19H,8-11,13H2,1-3H3. The Kier molecular flexibility index (Phi) is 5.55. The fraction of sp³-hybridized carbons (Fsp3) is 0.444. The number of aryl methyl sites for hydroxylation is 2. The molecule has 2 aromatic rings. The molecule has 0 unspecified atom stereocenters. The van der Waals surface area contributed by atoms with Gasteiger partial charge in [0.15, 0.2) is 0 Å². The maximum absolute atomic E-state index is 11.8. The lowest BCUT2D eigenvalue weighted by atomic mass is 10.2. The van der Waals surface area contributed by atoms with Crippen molar-refractivity contribution < 1.29 is 8.42 Å². The lowest BCUT2D eigenvalue weighted by Gasteiger charge is -2.35. The molecule has 1 saturated heterocycles. The van der Waals surface area contributed by atoms with E-state index in [0.717, 1.165) is 55.5 Å². The van der Waals surface area contributed by atoms with Gasteiger partial charge in [-0.1, -0.05) is 12.1 Å². The van der Waals surface area contributed by atoms with E-state index in [1.165, 1.54) is 7.05 Å². The molecule has 0 radical (unpaired) electrons. The fourth-order valence-corrected chi connectivity index (χ4v) is 3.82. The monoisotopic (exact) mass is 375 g/mol. The van der Waals surface area contributed by atoms with Gasteiger partial charge in [0.1, 0.15) is 5.82 Å². The number of aromatic nitrogens is 2. The topological polar surface area (TPSA) is 78.4 Å². The molecule has 0 amide bonds. The van der Waals surface area contributed by atoms with E-state index in [2.05, 4.69) is 24.5 Å². The average Bonchev–Trinajstić information content (AvgIpc) is 2.65. The van der Waals surface area contributed by atoms with Crippen molar-refractivity contribution in [1.82, 2.24) is 19.6 Å². The Labute approximate surface area is 155 Å². The third-order valence-electron chi connectivity index (χ3n) is 4.63. The molecule has 0 bridgehead atoms. The van der Waals surface area contributed by atoms with E-state index in [0.29, 0.717) is 4.90 Å². The maximum atomic E-state index is 11.8. The van der Waals surface area contributed by atoms with E-state index in [1.54, 1.807) is 18.3 Å². The molecule has 0 aliphatic carbocycles. The number of sulfonamides is 1. The Morgan fingerprint density at radius 2 is 1.73 bits per heavy atom. The Bertz CT molecular complexity index is 860. The van der Waals surface area contributed by atoms with Crippen LogP contribution in [-0.4, -0.2) is 56.5 Å². The first-order valence-electron chi connectivity index (χ1n) is 8.69. The Morgan fingerprint density at radius 1 is 1.08 bits per heavy atom. The number of anilines is 1. The maximum Gasteiger partial charge on any atom is 0.240 e. The minimum absolute atomic E-state index is 0.294. The van der Waals surface area contributed by atoms with Crippen LogP contribution >= 0.6 is 0 Å². The van der Waals surface area contributed by atoms with Gasteiger partial charge in [-0.2, -0.15) is 0 Å². The Balaban J connectivity index is 1.60. The van der Waals surface area contributed by atoms with Crippen LogP contribution in [0.5, 0.6) is 0 Å². The number of hydrogen-bond donors (Lipinski definition) is 1. The van der Waals surface area contributed by atoms with Gasteiger partial charge in [-0.15, -0.1) is 0 Å². The van der Waals surface area contributed by atoms with Crippen LogP contribution in [0.2, 0.25) is 0 Å². The Morgan fingerprint density at radius 3 is 2.35 bits per heavy atom. The predicted octanol–water partition coefficient (Wildman–Crippen LogP) is 1.32. The highest BCUT2D eigenvalue weighted by atomic mass is 32.2. The van der Waals surface area contributed by atoms with Crippen molar-refractivity contribution in [3.8, 4) is 0 Å². The smallest absolute Gasteiger partial charge is 0.240 e. The van der Waals surface area contributed by atoms with Crippen LogP contribution in [0, 0.1) is 13.8 Å². The van der Waals surface area contributed by atoms with Gasteiger partial charge < -0.3 is 4.90 Å². The highest BCUT2D eigenvalue weighted by Crippen LogP contribution is 2.19. The molecular formula is C18H25N5O2S. The molecule has 0 spiro atoms. The predicted molar refractivity (Wildman–Crippen MR) is 102 cm³/mol. The zero-order chi connectivity index (χ0) is 18.7. The molecule has 1 aliphatic heterocycles. The van der Waals surface area contributed by atoms with Crippen LogP contribution in [0.1, 0.15) is 17.0 Å². The summed E-state index contributed by atoms with van der Waals surface area (Å²) in [4.78, 5) is 14.0. The minimum Gasteiger partial charge on any atom is -0.353 e. The van der Waals surface area contributed by atoms with Gasteiger partial charge in [0.25, 0.3) is 0 Å². The van der Waals surface area contributed by atoms with Gasteiger partial charge in [-0.05, 0) is 38.6 Å². The van der Waals surface area contributed by atoms with Gasteiger partial charge in [0, 0.05) is 38.9 Å². The summed E-state index contributed by atoms with van der Waals surface area (Å²) < 4.78 is 25.9. The molecule has 1 N–H and O–H groups in total. The first kappa shape index (κ1) is 18.8. The van der Waals surface area contributed by atoms with Crippen molar-refractivity contribution in [2.75, 3.05) is 38.1 Å². The third-order valence-corrected chi connectivity index (χ3v) is 6.06. The summed E-state index contributed by atoms with van der Waals surface area (Å²) >= 11 is 0. The minimum atomic E-state index is -3.38. The first-order chi connectivity index (χ1) is 12.4. The van der Waals surface area contributed by atoms with Gasteiger partial charge in [-0.3, -0.25) is 9.88 Å². The van der Waals surface area contributed by atoms with Crippen LogP contribution in [0.4, 0.5) is 5.82 Å². The third kappa shape index (κ3) is 4.20. The molecule has 1 fully saturated rings. The van der Waals surface area contributed by atoms with Gasteiger partial charge in [-0.25, -0.2) is 18.1 Å². The lowest BCUT2D eigenvalue weighted by molar-refractivity contribution is 0.249. The van der Waals surface area contributed by atoms with Crippen molar-refractivity contribution in [3.05, 3.63) is 47.4 Å². The number of piperazine rings is 1. The van der Waals surface area contributed by atoms with E-state index in [-0.39, 0.29) is 0 Å². The van der Waals surface area contributed by atoms with Crippen molar-refractivity contribution in [3.63, 3.8) is 0 Å². The van der Waals surface area contributed by atoms with E-state index < -0.39 is 10.0 Å². The molecule has 1 aromatic heterocycles. The number of benzene rings is 1. The average molecular weight is 375 g/mol. The van der Waals surface area contributed by atoms with E-state index in [1.807, 2.05) is 26.0 Å². The van der Waals surface area contributed by atoms with Crippen LogP contribution < -0.4 is 9.62 Å². The second-order valence-electron chi connectivity index (χ2n) is 6.54. The van der Waals surface area contributed by atoms with Gasteiger partial charge in [0.05, 0.1) is 16.3 Å². The quantitative estimate of drug-likeness (QED) is 0.849. The summed E-state index contributed by atoms with van der Waals surface area (Å²) in [6.07, 6.45) is 1.80. The number of hydrogen-bond acceptors (Lipinski definition) is 6. The number of nitrogens with zero attached hydrogens (tertiary/aromatic N) is 4. The molecule has 3 rings (SSSR count). The number of rotatable bonds is 5. The lowest BCUT2D eigenvalue weighted by Crippen LogP contribution is -2.46. The van der Waals surface area contributed by atoms with Crippen molar-refractivity contribution in [2.24, 2.45) is 0 Å². The van der Waals surface area contributed by atoms with Crippen molar-refractivity contribution >= 4 is 15.8 Å². The zero-order valence-corrected chi connectivity index (χ0v) is 16.3. The summed E-state index contributed by atoms with van der Waals surface area (Å²) in [5, 5.41) is 0. The summed E-state index contributed by atoms with van der Waals surface area (Å²) in [7, 11) is -1.96. The molecule has 2 heterocycles. The van der Waals surface area contributed by atoms with E-state index in [9.17, 15) is 8.42 Å². The molecule has 26 heavy (non-hydrogen) atoms. The van der Waals surface area contributed by atoms with Crippen molar-refractivity contribution in [1.29, 1.82) is 0 Å². The second-order valence-corrected chi connectivity index (χ2v) is 8.42. The molecule has 1 aromatic carbocycles. The highest BCUT2D eigenvalue weighted by Gasteiger charge is 2.20. The molecule has 1 aliphatic rings. The van der Waals surface area contributed by atoms with Gasteiger partial charge >= 0.3 is 0 Å². The van der Waals surface area contributed by atoms with Crippen LogP contribution in [0.25, 0.3) is 0 Å². The summed E-state index contributed by atoms with van der Waals surface area (Å²) in [5.41, 5.74) is 3.01. The molecule has 0 saturated carbocycles. The van der Waals surface area contributed by atoms with Crippen LogP contribution in [-0.2, 0) is 16.6 Å². The molecule has 0 atom stereocenters. The summed E-state index contributed by atoms with van der Waals surface area (Å²) in [6.45, 7) is 8.46. The molecular weight excluding hydrogens is 350 g/mol. The Hall–Kier alpha value is -2.03. The normalized spacial score (nSPS) is 16.0. The molecule has 8 heteroatoms. The summed E-state index contributed by atoms with van der Waals surface area (Å²) in [5.74, 6) is 0.978. The number of nitrogens with one attached hydrogen (secondary N) is 1. The molecule has 7 nitrogen and oxygen atoms in total. The second kappa shape index (κ2) is 7.69. The fourth-order valence-electron chi connectivity index (χ4n) is 3.09. The van der Waals surface area contributed by atoms with Gasteiger partial charge in [0.2, 0.25) is 10.0 Å². The van der Waals surface area contributed by atoms with Crippen molar-refractivity contribution in [2.45, 2.75) is 25.3 Å². The molecule has 140 valence electrons. The van der Waals surface area contributed by atoms with E-state index in [4.69, 9.17) is 0 Å². The largest absolute Gasteiger partial charge is 0.353 e. The van der Waals surface area contributed by atoms with Crippen LogP contribution in [0.15, 0.2) is 35.4 Å². The first-order valence-corrected chi connectivity index (χ1v) is 10.2.